The highest BCUT2D eigenvalue weighted by molar-refractivity contribution is 7.46. The number of phosphoric ester groups is 1. The zero-order valence-electron chi connectivity index (χ0n) is 9.78. The monoisotopic (exact) mass is 264 g/mol. The molecule has 18 heavy (non-hydrogen) atoms. The van der Waals surface area contributed by atoms with Crippen LogP contribution in [0.15, 0.2) is 48.5 Å². The standard InChI is InChI=1S/C13H13O4P/c1-10-6-5-9-12(11-7-3-2-4-8-11)13(10)17-18(14,15)16/h2-9H,1H3,(H2,14,15,16). The van der Waals surface area contributed by atoms with E-state index < -0.39 is 7.82 Å². The molecule has 0 bridgehead atoms. The number of para-hydroxylation sites is 1. The number of rotatable bonds is 3. The minimum Gasteiger partial charge on any atom is -0.403 e. The Kier molecular flexibility index (Phi) is 3.53. The van der Waals surface area contributed by atoms with E-state index >= 15 is 0 Å². The first-order chi connectivity index (χ1) is 8.47. The lowest BCUT2D eigenvalue weighted by Gasteiger charge is -2.14. The molecule has 0 saturated heterocycles. The molecular formula is C13H13O4P. The van der Waals surface area contributed by atoms with Crippen LogP contribution in [0, 0.1) is 6.92 Å². The maximum atomic E-state index is 11.0. The van der Waals surface area contributed by atoms with Gasteiger partial charge in [-0.15, -0.1) is 0 Å². The molecule has 0 heterocycles. The van der Waals surface area contributed by atoms with Crippen molar-refractivity contribution in [1.29, 1.82) is 0 Å². The molecule has 2 rings (SSSR count). The van der Waals surface area contributed by atoms with Crippen molar-refractivity contribution in [3.63, 3.8) is 0 Å². The van der Waals surface area contributed by atoms with Crippen LogP contribution >= 0.6 is 7.82 Å². The molecule has 0 amide bonds. The molecule has 0 aliphatic rings. The Morgan fingerprint density at radius 3 is 2.28 bits per heavy atom. The van der Waals surface area contributed by atoms with Crippen LogP contribution in [0.5, 0.6) is 5.75 Å². The van der Waals surface area contributed by atoms with Crippen molar-refractivity contribution in [3.8, 4) is 16.9 Å². The second kappa shape index (κ2) is 4.94. The quantitative estimate of drug-likeness (QED) is 0.836. The number of hydrogen-bond donors (Lipinski definition) is 2. The van der Waals surface area contributed by atoms with Gasteiger partial charge in [0.05, 0.1) is 0 Å². The lowest BCUT2D eigenvalue weighted by Crippen LogP contribution is -1.95. The summed E-state index contributed by atoms with van der Waals surface area (Å²) in [6.45, 7) is 1.75. The van der Waals surface area contributed by atoms with Crippen LogP contribution in [0.25, 0.3) is 11.1 Å². The van der Waals surface area contributed by atoms with Gasteiger partial charge in [0.1, 0.15) is 5.75 Å². The van der Waals surface area contributed by atoms with E-state index in [9.17, 15) is 4.57 Å². The van der Waals surface area contributed by atoms with E-state index in [-0.39, 0.29) is 5.75 Å². The first kappa shape index (κ1) is 12.8. The molecule has 2 aromatic carbocycles. The van der Waals surface area contributed by atoms with Crippen LogP contribution in [0.2, 0.25) is 0 Å². The van der Waals surface area contributed by atoms with Gasteiger partial charge in [0, 0.05) is 5.56 Å². The normalized spacial score (nSPS) is 11.3. The van der Waals surface area contributed by atoms with E-state index in [2.05, 4.69) is 0 Å². The van der Waals surface area contributed by atoms with Crippen LogP contribution in [-0.2, 0) is 4.57 Å². The van der Waals surface area contributed by atoms with Crippen molar-refractivity contribution >= 4 is 7.82 Å². The Morgan fingerprint density at radius 2 is 1.67 bits per heavy atom. The molecule has 0 saturated carbocycles. The highest BCUT2D eigenvalue weighted by atomic mass is 31.2. The summed E-state index contributed by atoms with van der Waals surface area (Å²) in [6.07, 6.45) is 0. The molecule has 0 aromatic heterocycles. The molecule has 0 unspecified atom stereocenters. The van der Waals surface area contributed by atoms with Gasteiger partial charge in [0.15, 0.2) is 0 Å². The first-order valence-corrected chi connectivity index (χ1v) is 6.90. The summed E-state index contributed by atoms with van der Waals surface area (Å²) >= 11 is 0. The highest BCUT2D eigenvalue weighted by Crippen LogP contribution is 2.43. The van der Waals surface area contributed by atoms with E-state index in [0.717, 1.165) is 5.56 Å². The van der Waals surface area contributed by atoms with Gasteiger partial charge in [-0.3, -0.25) is 9.79 Å². The number of phosphoric acid groups is 1. The topological polar surface area (TPSA) is 66.8 Å². The SMILES string of the molecule is Cc1cccc(-c2ccccc2)c1OP(=O)(O)O. The second-order valence-electron chi connectivity index (χ2n) is 3.90. The summed E-state index contributed by atoms with van der Waals surface area (Å²) in [7, 11) is -4.56. The van der Waals surface area contributed by atoms with Gasteiger partial charge < -0.3 is 4.52 Å². The maximum absolute atomic E-state index is 11.0. The van der Waals surface area contributed by atoms with E-state index in [4.69, 9.17) is 14.3 Å². The minimum absolute atomic E-state index is 0.219. The minimum atomic E-state index is -4.56. The molecule has 0 fully saturated rings. The number of benzene rings is 2. The number of aryl methyl sites for hydroxylation is 1. The van der Waals surface area contributed by atoms with Gasteiger partial charge in [-0.2, -0.15) is 0 Å². The van der Waals surface area contributed by atoms with E-state index in [1.54, 1.807) is 19.1 Å². The lowest BCUT2D eigenvalue weighted by atomic mass is 10.0. The molecule has 0 atom stereocenters. The molecule has 0 aliphatic carbocycles. The summed E-state index contributed by atoms with van der Waals surface area (Å²) in [5, 5.41) is 0. The smallest absolute Gasteiger partial charge is 0.403 e. The zero-order chi connectivity index (χ0) is 13.2. The van der Waals surface area contributed by atoms with Gasteiger partial charge in [0.25, 0.3) is 0 Å². The molecule has 2 N–H and O–H groups in total. The third-order valence-electron chi connectivity index (χ3n) is 2.51. The first-order valence-electron chi connectivity index (χ1n) is 5.37. The summed E-state index contributed by atoms with van der Waals surface area (Å²) in [4.78, 5) is 17.9. The Hall–Kier alpha value is -1.61. The van der Waals surface area contributed by atoms with Gasteiger partial charge in [0.2, 0.25) is 0 Å². The van der Waals surface area contributed by atoms with Crippen molar-refractivity contribution in [3.05, 3.63) is 54.1 Å². The van der Waals surface area contributed by atoms with Crippen LogP contribution in [-0.4, -0.2) is 9.79 Å². The summed E-state index contributed by atoms with van der Waals surface area (Å²) in [5.74, 6) is 0.219. The van der Waals surface area contributed by atoms with Crippen molar-refractivity contribution < 1.29 is 18.9 Å². The summed E-state index contributed by atoms with van der Waals surface area (Å²) in [6, 6.07) is 14.7. The predicted octanol–water partition coefficient (Wildman–Crippen LogP) is 3.13. The molecule has 4 nitrogen and oxygen atoms in total. The van der Waals surface area contributed by atoms with Crippen molar-refractivity contribution in [1.82, 2.24) is 0 Å². The van der Waals surface area contributed by atoms with Gasteiger partial charge in [-0.1, -0.05) is 48.5 Å². The fraction of sp³-hybridized carbons (Fsp3) is 0.0769. The fourth-order valence-electron chi connectivity index (χ4n) is 1.74. The maximum Gasteiger partial charge on any atom is 0.524 e. The Balaban J connectivity index is 2.55. The third kappa shape index (κ3) is 2.99. The fourth-order valence-corrected chi connectivity index (χ4v) is 2.22. The summed E-state index contributed by atoms with van der Waals surface area (Å²) < 4.78 is 15.8. The van der Waals surface area contributed by atoms with Gasteiger partial charge >= 0.3 is 7.82 Å². The Bertz CT molecular complexity index is 589. The molecular weight excluding hydrogens is 251 g/mol. The summed E-state index contributed by atoms with van der Waals surface area (Å²) in [5.41, 5.74) is 2.20. The van der Waals surface area contributed by atoms with Crippen LogP contribution < -0.4 is 4.52 Å². The van der Waals surface area contributed by atoms with Crippen molar-refractivity contribution in [2.24, 2.45) is 0 Å². The molecule has 0 radical (unpaired) electrons. The largest absolute Gasteiger partial charge is 0.524 e. The van der Waals surface area contributed by atoms with Gasteiger partial charge in [-0.25, -0.2) is 4.57 Å². The Labute approximate surface area is 105 Å². The zero-order valence-corrected chi connectivity index (χ0v) is 10.7. The molecule has 2 aromatic rings. The molecule has 94 valence electrons. The van der Waals surface area contributed by atoms with Crippen molar-refractivity contribution in [2.45, 2.75) is 6.92 Å². The van der Waals surface area contributed by atoms with Crippen LogP contribution in [0.3, 0.4) is 0 Å². The van der Waals surface area contributed by atoms with E-state index in [1.807, 2.05) is 36.4 Å². The highest BCUT2D eigenvalue weighted by Gasteiger charge is 2.20. The molecule has 0 aliphatic heterocycles. The van der Waals surface area contributed by atoms with Gasteiger partial charge in [-0.05, 0) is 18.1 Å². The number of hydrogen-bond acceptors (Lipinski definition) is 2. The predicted molar refractivity (Wildman–Crippen MR) is 69.3 cm³/mol. The van der Waals surface area contributed by atoms with E-state index in [0.29, 0.717) is 11.1 Å². The molecule has 5 heteroatoms. The van der Waals surface area contributed by atoms with Crippen LogP contribution in [0.1, 0.15) is 5.56 Å². The average Bonchev–Trinajstić information content (AvgIpc) is 2.31. The molecule has 0 spiro atoms. The average molecular weight is 264 g/mol. The van der Waals surface area contributed by atoms with E-state index in [1.165, 1.54) is 0 Å². The Morgan fingerprint density at radius 1 is 1.00 bits per heavy atom. The third-order valence-corrected chi connectivity index (χ3v) is 2.93. The lowest BCUT2D eigenvalue weighted by molar-refractivity contribution is 0.283. The van der Waals surface area contributed by atoms with Crippen molar-refractivity contribution in [2.75, 3.05) is 0 Å². The van der Waals surface area contributed by atoms with Crippen LogP contribution in [0.4, 0.5) is 0 Å². The second-order valence-corrected chi connectivity index (χ2v) is 5.06.